The van der Waals surface area contributed by atoms with E-state index in [1.807, 2.05) is 6.92 Å². The van der Waals surface area contributed by atoms with Crippen LogP contribution in [0, 0.1) is 6.92 Å². The number of hydrogen-bond donors (Lipinski definition) is 1. The smallest absolute Gasteiger partial charge is 0.150 e. The van der Waals surface area contributed by atoms with Crippen molar-refractivity contribution in [1.82, 2.24) is 0 Å². The molecule has 0 saturated carbocycles. The van der Waals surface area contributed by atoms with Crippen LogP contribution in [0.25, 0.3) is 0 Å². The molecular formula is C8H8Br2O2. The first-order valence-corrected chi connectivity index (χ1v) is 4.88. The summed E-state index contributed by atoms with van der Waals surface area (Å²) in [5, 5.41) is 9.49. The predicted octanol–water partition coefficient (Wildman–Crippen LogP) is 3.23. The number of rotatable bonds is 1. The Balaban J connectivity index is 3.40. The monoisotopic (exact) mass is 294 g/mol. The molecule has 0 amide bonds. The molecule has 1 rings (SSSR count). The Morgan fingerprint density at radius 1 is 1.42 bits per heavy atom. The number of methoxy groups -OCH3 is 1. The fraction of sp³-hybridized carbons (Fsp3) is 0.250. The zero-order chi connectivity index (χ0) is 9.30. The van der Waals surface area contributed by atoms with E-state index < -0.39 is 0 Å². The SMILES string of the molecule is COc1c(Br)cc(C)c(O)c1Br. The van der Waals surface area contributed by atoms with Crippen molar-refractivity contribution in [3.8, 4) is 11.5 Å². The van der Waals surface area contributed by atoms with E-state index in [4.69, 9.17) is 4.74 Å². The van der Waals surface area contributed by atoms with Crippen LogP contribution in [-0.4, -0.2) is 12.2 Å². The van der Waals surface area contributed by atoms with Crippen molar-refractivity contribution in [2.45, 2.75) is 6.92 Å². The van der Waals surface area contributed by atoms with Gasteiger partial charge in [0, 0.05) is 0 Å². The number of ether oxygens (including phenoxy) is 1. The van der Waals surface area contributed by atoms with Crippen molar-refractivity contribution in [3.05, 3.63) is 20.6 Å². The molecule has 0 bridgehead atoms. The van der Waals surface area contributed by atoms with Crippen molar-refractivity contribution in [2.75, 3.05) is 7.11 Å². The lowest BCUT2D eigenvalue weighted by molar-refractivity contribution is 0.400. The highest BCUT2D eigenvalue weighted by Crippen LogP contribution is 2.41. The maximum atomic E-state index is 9.49. The number of phenolic OH excluding ortho intramolecular Hbond substituents is 1. The van der Waals surface area contributed by atoms with Crippen molar-refractivity contribution in [3.63, 3.8) is 0 Å². The van der Waals surface area contributed by atoms with Crippen LogP contribution < -0.4 is 4.74 Å². The van der Waals surface area contributed by atoms with E-state index in [9.17, 15) is 5.11 Å². The minimum Gasteiger partial charge on any atom is -0.506 e. The highest BCUT2D eigenvalue weighted by atomic mass is 79.9. The lowest BCUT2D eigenvalue weighted by Gasteiger charge is -2.09. The molecule has 0 saturated heterocycles. The maximum absolute atomic E-state index is 9.49. The summed E-state index contributed by atoms with van der Waals surface area (Å²) < 4.78 is 6.46. The molecule has 0 aromatic heterocycles. The Labute approximate surface area is 87.8 Å². The van der Waals surface area contributed by atoms with Crippen molar-refractivity contribution in [1.29, 1.82) is 0 Å². The molecule has 12 heavy (non-hydrogen) atoms. The third kappa shape index (κ3) is 1.59. The van der Waals surface area contributed by atoms with Gasteiger partial charge in [-0.1, -0.05) is 0 Å². The van der Waals surface area contributed by atoms with Crippen molar-refractivity contribution >= 4 is 31.9 Å². The minimum absolute atomic E-state index is 0.218. The molecule has 0 fully saturated rings. The van der Waals surface area contributed by atoms with Gasteiger partial charge in [0.2, 0.25) is 0 Å². The van der Waals surface area contributed by atoms with Crippen molar-refractivity contribution < 1.29 is 9.84 Å². The standard InChI is InChI=1S/C8H8Br2O2/c1-4-3-5(9)8(12-2)6(10)7(4)11/h3,11H,1-2H3. The van der Waals surface area contributed by atoms with Crippen LogP contribution >= 0.6 is 31.9 Å². The number of phenols is 1. The highest BCUT2D eigenvalue weighted by molar-refractivity contribution is 9.11. The average Bonchev–Trinajstić information content (AvgIpc) is 2.01. The molecule has 0 atom stereocenters. The lowest BCUT2D eigenvalue weighted by atomic mass is 10.2. The third-order valence-corrected chi connectivity index (χ3v) is 2.87. The molecule has 0 unspecified atom stereocenters. The Bertz CT molecular complexity index is 310. The van der Waals surface area contributed by atoms with Gasteiger partial charge in [0.15, 0.2) is 5.75 Å². The van der Waals surface area contributed by atoms with Gasteiger partial charge in [0.25, 0.3) is 0 Å². The normalized spacial score (nSPS) is 10.0. The first-order chi connectivity index (χ1) is 5.57. The summed E-state index contributed by atoms with van der Waals surface area (Å²) in [6, 6.07) is 1.80. The number of aromatic hydroxyl groups is 1. The van der Waals surface area contributed by atoms with Crippen LogP contribution in [0.3, 0.4) is 0 Å². The molecule has 0 radical (unpaired) electrons. The zero-order valence-corrected chi connectivity index (χ0v) is 9.86. The fourth-order valence-electron chi connectivity index (χ4n) is 0.897. The van der Waals surface area contributed by atoms with Crippen LogP contribution in [0.5, 0.6) is 11.5 Å². The molecule has 0 spiro atoms. The van der Waals surface area contributed by atoms with E-state index in [0.29, 0.717) is 10.2 Å². The number of halogens is 2. The first kappa shape index (κ1) is 9.86. The molecule has 4 heteroatoms. The van der Waals surface area contributed by atoms with Crippen LogP contribution in [-0.2, 0) is 0 Å². The van der Waals surface area contributed by atoms with E-state index in [1.165, 1.54) is 0 Å². The van der Waals surface area contributed by atoms with Crippen molar-refractivity contribution in [2.24, 2.45) is 0 Å². The van der Waals surface area contributed by atoms with Gasteiger partial charge in [-0.05, 0) is 50.4 Å². The zero-order valence-electron chi connectivity index (χ0n) is 6.69. The Morgan fingerprint density at radius 2 is 2.00 bits per heavy atom. The van der Waals surface area contributed by atoms with E-state index in [0.717, 1.165) is 10.0 Å². The number of aryl methyl sites for hydroxylation is 1. The van der Waals surface area contributed by atoms with Crippen LogP contribution in [0.15, 0.2) is 15.0 Å². The average molecular weight is 296 g/mol. The minimum atomic E-state index is 0.218. The van der Waals surface area contributed by atoms with E-state index in [1.54, 1.807) is 13.2 Å². The van der Waals surface area contributed by atoms with E-state index >= 15 is 0 Å². The molecule has 66 valence electrons. The number of benzene rings is 1. The van der Waals surface area contributed by atoms with Crippen LogP contribution in [0.4, 0.5) is 0 Å². The van der Waals surface area contributed by atoms with Gasteiger partial charge in [-0.15, -0.1) is 0 Å². The van der Waals surface area contributed by atoms with Gasteiger partial charge in [0.05, 0.1) is 11.6 Å². The van der Waals surface area contributed by atoms with Gasteiger partial charge < -0.3 is 9.84 Å². The Kier molecular flexibility index (Phi) is 3.01. The van der Waals surface area contributed by atoms with E-state index in [-0.39, 0.29) is 5.75 Å². The predicted molar refractivity (Wildman–Crippen MR) is 54.8 cm³/mol. The molecule has 0 heterocycles. The molecule has 2 nitrogen and oxygen atoms in total. The lowest BCUT2D eigenvalue weighted by Crippen LogP contribution is -1.88. The highest BCUT2D eigenvalue weighted by Gasteiger charge is 2.12. The topological polar surface area (TPSA) is 29.5 Å². The second-order valence-corrected chi connectivity index (χ2v) is 4.02. The quantitative estimate of drug-likeness (QED) is 0.862. The van der Waals surface area contributed by atoms with Crippen LogP contribution in [0.1, 0.15) is 5.56 Å². The molecule has 1 aromatic carbocycles. The van der Waals surface area contributed by atoms with Gasteiger partial charge in [0.1, 0.15) is 10.2 Å². The van der Waals surface area contributed by atoms with Gasteiger partial charge in [-0.3, -0.25) is 0 Å². The summed E-state index contributed by atoms with van der Waals surface area (Å²) in [4.78, 5) is 0. The van der Waals surface area contributed by atoms with Gasteiger partial charge >= 0.3 is 0 Å². The Morgan fingerprint density at radius 3 is 2.50 bits per heavy atom. The molecule has 0 aliphatic rings. The fourth-order valence-corrected chi connectivity index (χ4v) is 2.55. The van der Waals surface area contributed by atoms with Gasteiger partial charge in [-0.2, -0.15) is 0 Å². The summed E-state index contributed by atoms with van der Waals surface area (Å²) in [7, 11) is 1.56. The second-order valence-electron chi connectivity index (χ2n) is 2.37. The van der Waals surface area contributed by atoms with E-state index in [2.05, 4.69) is 31.9 Å². The molecule has 0 aliphatic carbocycles. The summed E-state index contributed by atoms with van der Waals surface area (Å²) in [5.74, 6) is 0.827. The summed E-state index contributed by atoms with van der Waals surface area (Å²) in [5.41, 5.74) is 0.801. The second kappa shape index (κ2) is 3.66. The first-order valence-electron chi connectivity index (χ1n) is 3.29. The number of hydrogen-bond acceptors (Lipinski definition) is 2. The maximum Gasteiger partial charge on any atom is 0.150 e. The summed E-state index contributed by atoms with van der Waals surface area (Å²) >= 11 is 6.56. The molecule has 1 N–H and O–H groups in total. The Hall–Kier alpha value is -0.220. The summed E-state index contributed by atoms with van der Waals surface area (Å²) in [6.07, 6.45) is 0. The molecule has 1 aromatic rings. The third-order valence-electron chi connectivity index (χ3n) is 1.55. The molecular weight excluding hydrogens is 288 g/mol. The van der Waals surface area contributed by atoms with Gasteiger partial charge in [-0.25, -0.2) is 0 Å². The van der Waals surface area contributed by atoms with Crippen LogP contribution in [0.2, 0.25) is 0 Å². The summed E-state index contributed by atoms with van der Waals surface area (Å²) in [6.45, 7) is 1.82. The molecule has 0 aliphatic heterocycles. The largest absolute Gasteiger partial charge is 0.506 e.